The highest BCUT2D eigenvalue weighted by Crippen LogP contribution is 2.16. The monoisotopic (exact) mass is 420 g/mol. The SMILES string of the molecule is O=C(Nc1ccc(C(=O)O)cc1)/C(=C/c1ccccc1)NC(=O)c1ccccc1Cl. The van der Waals surface area contributed by atoms with Crippen LogP contribution in [0.2, 0.25) is 5.02 Å². The lowest BCUT2D eigenvalue weighted by molar-refractivity contribution is -0.113. The van der Waals surface area contributed by atoms with Gasteiger partial charge in [0.05, 0.1) is 16.1 Å². The van der Waals surface area contributed by atoms with Gasteiger partial charge in [-0.2, -0.15) is 0 Å². The van der Waals surface area contributed by atoms with Gasteiger partial charge in [0.15, 0.2) is 0 Å². The highest BCUT2D eigenvalue weighted by Gasteiger charge is 2.17. The summed E-state index contributed by atoms with van der Waals surface area (Å²) in [5, 5.41) is 14.5. The minimum Gasteiger partial charge on any atom is -0.478 e. The van der Waals surface area contributed by atoms with Gasteiger partial charge in [0.1, 0.15) is 5.70 Å². The van der Waals surface area contributed by atoms with Crippen molar-refractivity contribution in [1.82, 2.24) is 5.32 Å². The van der Waals surface area contributed by atoms with Crippen LogP contribution >= 0.6 is 11.6 Å². The van der Waals surface area contributed by atoms with Gasteiger partial charge >= 0.3 is 5.97 Å². The van der Waals surface area contributed by atoms with Gasteiger partial charge in [0.25, 0.3) is 11.8 Å². The Hall–Kier alpha value is -3.90. The zero-order valence-corrected chi connectivity index (χ0v) is 16.4. The van der Waals surface area contributed by atoms with E-state index in [0.717, 1.165) is 0 Å². The first-order chi connectivity index (χ1) is 14.4. The molecule has 0 spiro atoms. The molecule has 0 atom stereocenters. The van der Waals surface area contributed by atoms with Crippen LogP contribution in [0.5, 0.6) is 0 Å². The number of hydrogen-bond donors (Lipinski definition) is 3. The number of benzene rings is 3. The van der Waals surface area contributed by atoms with Gasteiger partial charge < -0.3 is 15.7 Å². The van der Waals surface area contributed by atoms with Gasteiger partial charge in [0, 0.05) is 5.69 Å². The second-order valence-corrected chi connectivity index (χ2v) is 6.65. The quantitative estimate of drug-likeness (QED) is 0.513. The molecule has 0 aliphatic heterocycles. The molecule has 3 aromatic carbocycles. The lowest BCUT2D eigenvalue weighted by Crippen LogP contribution is -2.31. The molecule has 0 bridgehead atoms. The highest BCUT2D eigenvalue weighted by atomic mass is 35.5. The molecule has 0 unspecified atom stereocenters. The number of rotatable bonds is 6. The number of carboxylic acid groups (broad SMARTS) is 1. The van der Waals surface area contributed by atoms with E-state index >= 15 is 0 Å². The molecule has 0 aliphatic rings. The number of carbonyl (C=O) groups is 3. The van der Waals surface area contributed by atoms with Gasteiger partial charge in [-0.25, -0.2) is 4.79 Å². The number of amides is 2. The van der Waals surface area contributed by atoms with E-state index in [-0.39, 0.29) is 21.8 Å². The number of aromatic carboxylic acids is 1. The molecule has 0 heterocycles. The van der Waals surface area contributed by atoms with Crippen LogP contribution in [0.1, 0.15) is 26.3 Å². The summed E-state index contributed by atoms with van der Waals surface area (Å²) in [6.45, 7) is 0. The summed E-state index contributed by atoms with van der Waals surface area (Å²) < 4.78 is 0. The van der Waals surface area contributed by atoms with Gasteiger partial charge in [-0.05, 0) is 48.0 Å². The van der Waals surface area contributed by atoms with E-state index in [0.29, 0.717) is 11.3 Å². The summed E-state index contributed by atoms with van der Waals surface area (Å²) in [5.41, 5.74) is 1.43. The molecule has 0 aromatic heterocycles. The van der Waals surface area contributed by atoms with Gasteiger partial charge in [-0.3, -0.25) is 9.59 Å². The first kappa shape index (κ1) is 20.8. The molecule has 0 saturated heterocycles. The van der Waals surface area contributed by atoms with Crippen LogP contribution in [0.25, 0.3) is 6.08 Å². The highest BCUT2D eigenvalue weighted by molar-refractivity contribution is 6.34. The minimum absolute atomic E-state index is 0.00781. The number of anilines is 1. The van der Waals surface area contributed by atoms with E-state index in [1.165, 1.54) is 30.3 Å². The van der Waals surface area contributed by atoms with Crippen molar-refractivity contribution in [2.24, 2.45) is 0 Å². The predicted octanol–water partition coefficient (Wildman–Crippen LogP) is 4.45. The summed E-state index contributed by atoms with van der Waals surface area (Å²) in [5.74, 6) is -2.16. The third-order valence-corrected chi connectivity index (χ3v) is 4.44. The largest absolute Gasteiger partial charge is 0.478 e. The fraction of sp³-hybridized carbons (Fsp3) is 0. The van der Waals surface area contributed by atoms with Crippen molar-refractivity contribution in [3.8, 4) is 0 Å². The number of carbonyl (C=O) groups excluding carboxylic acids is 2. The van der Waals surface area contributed by atoms with Crippen LogP contribution in [0, 0.1) is 0 Å². The Morgan fingerprint density at radius 3 is 2.10 bits per heavy atom. The summed E-state index contributed by atoms with van der Waals surface area (Å²) in [7, 11) is 0. The fourth-order valence-electron chi connectivity index (χ4n) is 2.60. The molecule has 0 radical (unpaired) electrons. The number of hydrogen-bond acceptors (Lipinski definition) is 3. The van der Waals surface area contributed by atoms with E-state index in [1.807, 2.05) is 18.2 Å². The maximum absolute atomic E-state index is 12.8. The molecule has 0 fully saturated rings. The lowest BCUT2D eigenvalue weighted by Gasteiger charge is -2.12. The Morgan fingerprint density at radius 2 is 1.47 bits per heavy atom. The Kier molecular flexibility index (Phi) is 6.62. The van der Waals surface area contributed by atoms with Crippen LogP contribution in [0.15, 0.2) is 84.6 Å². The predicted molar refractivity (Wildman–Crippen MR) is 115 cm³/mol. The second-order valence-electron chi connectivity index (χ2n) is 6.24. The first-order valence-electron chi connectivity index (χ1n) is 8.91. The molecule has 7 heteroatoms. The summed E-state index contributed by atoms with van der Waals surface area (Å²) in [6, 6.07) is 21.2. The Balaban J connectivity index is 1.86. The Bertz CT molecular complexity index is 1110. The Morgan fingerprint density at radius 1 is 0.833 bits per heavy atom. The van der Waals surface area contributed by atoms with E-state index in [9.17, 15) is 14.4 Å². The third kappa shape index (κ3) is 5.33. The Labute approximate surface area is 177 Å². The normalized spacial score (nSPS) is 10.9. The average molecular weight is 421 g/mol. The molecular formula is C23H17ClN2O4. The van der Waals surface area contributed by atoms with Crippen molar-refractivity contribution in [2.75, 3.05) is 5.32 Å². The molecular weight excluding hydrogens is 404 g/mol. The van der Waals surface area contributed by atoms with E-state index in [2.05, 4.69) is 10.6 Å². The van der Waals surface area contributed by atoms with Crippen molar-refractivity contribution >= 4 is 41.1 Å². The van der Waals surface area contributed by atoms with E-state index < -0.39 is 17.8 Å². The number of halogens is 1. The van der Waals surface area contributed by atoms with Crippen molar-refractivity contribution in [3.05, 3.63) is 106 Å². The number of carboxylic acids is 1. The molecule has 3 aromatic rings. The van der Waals surface area contributed by atoms with E-state index in [1.54, 1.807) is 36.4 Å². The molecule has 2 amide bonds. The smallest absolute Gasteiger partial charge is 0.335 e. The van der Waals surface area contributed by atoms with Crippen molar-refractivity contribution in [1.29, 1.82) is 0 Å². The standard InChI is InChI=1S/C23H17ClN2O4/c24-19-9-5-4-8-18(19)21(27)26-20(14-15-6-2-1-3-7-15)22(28)25-17-12-10-16(11-13-17)23(29)30/h1-14H,(H,25,28)(H,26,27)(H,29,30)/b20-14-. The topological polar surface area (TPSA) is 95.5 Å². The van der Waals surface area contributed by atoms with Crippen LogP contribution in [0.3, 0.4) is 0 Å². The molecule has 0 aliphatic carbocycles. The zero-order valence-electron chi connectivity index (χ0n) is 15.6. The van der Waals surface area contributed by atoms with E-state index in [4.69, 9.17) is 16.7 Å². The van der Waals surface area contributed by atoms with Crippen LogP contribution < -0.4 is 10.6 Å². The first-order valence-corrected chi connectivity index (χ1v) is 9.29. The third-order valence-electron chi connectivity index (χ3n) is 4.11. The van der Waals surface area contributed by atoms with Crippen LogP contribution in [0.4, 0.5) is 5.69 Å². The van der Waals surface area contributed by atoms with Gasteiger partial charge in [-0.1, -0.05) is 54.1 Å². The lowest BCUT2D eigenvalue weighted by atomic mass is 10.1. The minimum atomic E-state index is -1.07. The van der Waals surface area contributed by atoms with Crippen molar-refractivity contribution in [3.63, 3.8) is 0 Å². The van der Waals surface area contributed by atoms with Crippen molar-refractivity contribution in [2.45, 2.75) is 0 Å². The second kappa shape index (κ2) is 9.54. The maximum Gasteiger partial charge on any atom is 0.335 e. The van der Waals surface area contributed by atoms with Gasteiger partial charge in [-0.15, -0.1) is 0 Å². The summed E-state index contributed by atoms with van der Waals surface area (Å²) in [4.78, 5) is 36.5. The molecule has 150 valence electrons. The number of nitrogens with one attached hydrogen (secondary N) is 2. The van der Waals surface area contributed by atoms with Crippen LogP contribution in [-0.4, -0.2) is 22.9 Å². The maximum atomic E-state index is 12.8. The van der Waals surface area contributed by atoms with Gasteiger partial charge in [0.2, 0.25) is 0 Å². The molecule has 3 rings (SSSR count). The summed E-state index contributed by atoms with van der Waals surface area (Å²) in [6.07, 6.45) is 1.54. The fourth-order valence-corrected chi connectivity index (χ4v) is 2.83. The average Bonchev–Trinajstić information content (AvgIpc) is 2.74. The molecule has 30 heavy (non-hydrogen) atoms. The molecule has 0 saturated carbocycles. The van der Waals surface area contributed by atoms with Crippen LogP contribution in [-0.2, 0) is 4.79 Å². The van der Waals surface area contributed by atoms with Crippen molar-refractivity contribution < 1.29 is 19.5 Å². The molecule has 6 nitrogen and oxygen atoms in total. The molecule has 3 N–H and O–H groups in total. The zero-order chi connectivity index (χ0) is 21.5. The summed E-state index contributed by atoms with van der Waals surface area (Å²) >= 11 is 6.08.